The molecule has 0 N–H and O–H groups in total. The van der Waals surface area contributed by atoms with Crippen LogP contribution >= 0.6 is 11.8 Å². The second kappa shape index (κ2) is 6.23. The number of benzene rings is 1. The molecule has 1 aromatic carbocycles. The number of rotatable bonds is 4. The molecule has 0 aliphatic heterocycles. The highest BCUT2D eigenvalue weighted by atomic mass is 32.2. The summed E-state index contributed by atoms with van der Waals surface area (Å²) in [7, 11) is 0. The Morgan fingerprint density at radius 3 is 2.30 bits per heavy atom. The van der Waals surface area contributed by atoms with Crippen LogP contribution in [0.2, 0.25) is 0 Å². The molecular formula is C17H19NOS. The van der Waals surface area contributed by atoms with E-state index in [-0.39, 0.29) is 11.0 Å². The first kappa shape index (κ1) is 14.8. The number of ketones is 1. The monoisotopic (exact) mass is 285 g/mol. The van der Waals surface area contributed by atoms with E-state index in [9.17, 15) is 4.79 Å². The normalized spacial score (nSPS) is 12.2. The van der Waals surface area contributed by atoms with Crippen LogP contribution in [0.25, 0.3) is 0 Å². The third-order valence-corrected chi connectivity index (χ3v) is 4.10. The first-order chi connectivity index (χ1) is 9.45. The second-order valence-corrected chi connectivity index (χ2v) is 6.48. The number of Topliss-reactive ketones (excluding diaryl/α,β-unsaturated/α-hetero) is 1. The molecule has 2 rings (SSSR count). The van der Waals surface area contributed by atoms with E-state index >= 15 is 0 Å². The molecule has 0 amide bonds. The van der Waals surface area contributed by atoms with Gasteiger partial charge in [0.15, 0.2) is 5.78 Å². The molecule has 0 aliphatic rings. The summed E-state index contributed by atoms with van der Waals surface area (Å²) in [4.78, 5) is 16.9. The number of carbonyl (C=O) groups excluding carboxylic acids is 1. The summed E-state index contributed by atoms with van der Waals surface area (Å²) >= 11 is 1.52. The molecule has 1 unspecified atom stereocenters. The van der Waals surface area contributed by atoms with Crippen molar-refractivity contribution in [3.05, 3.63) is 58.8 Å². The van der Waals surface area contributed by atoms with E-state index in [1.807, 2.05) is 64.1 Å². The van der Waals surface area contributed by atoms with Crippen LogP contribution in [0.3, 0.4) is 0 Å². The lowest BCUT2D eigenvalue weighted by Crippen LogP contribution is -2.13. The number of hydrogen-bond acceptors (Lipinski definition) is 3. The quantitative estimate of drug-likeness (QED) is 0.617. The third-order valence-electron chi connectivity index (χ3n) is 3.08. The lowest BCUT2D eigenvalue weighted by Gasteiger charge is -2.11. The fourth-order valence-corrected chi connectivity index (χ4v) is 3.11. The van der Waals surface area contributed by atoms with Crippen LogP contribution in [0, 0.1) is 20.8 Å². The maximum Gasteiger partial charge on any atom is 0.175 e. The number of pyridine rings is 1. The largest absolute Gasteiger partial charge is 0.293 e. The van der Waals surface area contributed by atoms with Gasteiger partial charge in [-0.25, -0.2) is 4.98 Å². The summed E-state index contributed by atoms with van der Waals surface area (Å²) in [6.07, 6.45) is 0. The summed E-state index contributed by atoms with van der Waals surface area (Å²) in [6, 6.07) is 11.8. The summed E-state index contributed by atoms with van der Waals surface area (Å²) in [5.74, 6) is 0.149. The van der Waals surface area contributed by atoms with Gasteiger partial charge in [0.1, 0.15) is 0 Å². The van der Waals surface area contributed by atoms with Crippen molar-refractivity contribution in [1.82, 2.24) is 4.98 Å². The lowest BCUT2D eigenvalue weighted by molar-refractivity contribution is 0.0994. The summed E-state index contributed by atoms with van der Waals surface area (Å²) in [5.41, 5.74) is 4.09. The van der Waals surface area contributed by atoms with Crippen LogP contribution in [0.4, 0.5) is 0 Å². The minimum atomic E-state index is -0.133. The van der Waals surface area contributed by atoms with Crippen molar-refractivity contribution in [1.29, 1.82) is 0 Å². The van der Waals surface area contributed by atoms with E-state index < -0.39 is 0 Å². The van der Waals surface area contributed by atoms with E-state index in [1.54, 1.807) is 0 Å². The van der Waals surface area contributed by atoms with Gasteiger partial charge in [-0.15, -0.1) is 0 Å². The van der Waals surface area contributed by atoms with Crippen molar-refractivity contribution in [2.24, 2.45) is 0 Å². The number of aryl methyl sites for hydroxylation is 3. The van der Waals surface area contributed by atoms with Crippen LogP contribution < -0.4 is 0 Å². The van der Waals surface area contributed by atoms with E-state index in [0.29, 0.717) is 0 Å². The zero-order chi connectivity index (χ0) is 14.7. The van der Waals surface area contributed by atoms with E-state index in [0.717, 1.165) is 21.8 Å². The molecule has 2 nitrogen and oxygen atoms in total. The highest BCUT2D eigenvalue weighted by Crippen LogP contribution is 2.25. The molecule has 1 aromatic heterocycles. The highest BCUT2D eigenvalue weighted by molar-refractivity contribution is 8.00. The van der Waals surface area contributed by atoms with Crippen molar-refractivity contribution in [2.75, 3.05) is 0 Å². The Morgan fingerprint density at radius 1 is 1.05 bits per heavy atom. The van der Waals surface area contributed by atoms with Crippen LogP contribution in [0.5, 0.6) is 0 Å². The number of hydrogen-bond donors (Lipinski definition) is 0. The second-order valence-electron chi connectivity index (χ2n) is 5.11. The van der Waals surface area contributed by atoms with Crippen molar-refractivity contribution in [3.8, 4) is 0 Å². The van der Waals surface area contributed by atoms with Gasteiger partial charge >= 0.3 is 0 Å². The van der Waals surface area contributed by atoms with Crippen LogP contribution in [-0.2, 0) is 0 Å². The first-order valence-corrected chi connectivity index (χ1v) is 7.56. The average molecular weight is 285 g/mol. The number of aromatic nitrogens is 1. The van der Waals surface area contributed by atoms with Gasteiger partial charge in [0, 0.05) is 11.3 Å². The molecule has 0 saturated carbocycles. The molecule has 0 fully saturated rings. The third kappa shape index (κ3) is 3.70. The predicted octanol–water partition coefficient (Wildman–Crippen LogP) is 4.37. The van der Waals surface area contributed by atoms with Crippen molar-refractivity contribution in [3.63, 3.8) is 0 Å². The van der Waals surface area contributed by atoms with Crippen LogP contribution in [0.1, 0.15) is 34.1 Å². The molecule has 0 saturated heterocycles. The molecule has 1 atom stereocenters. The molecule has 1 heterocycles. The van der Waals surface area contributed by atoms with Crippen LogP contribution in [-0.4, -0.2) is 16.0 Å². The SMILES string of the molecule is Cc1ccc(C(=O)C(C)Sc2cc(C)cc(C)n2)cc1. The lowest BCUT2D eigenvalue weighted by atomic mass is 10.1. The Morgan fingerprint density at radius 2 is 1.70 bits per heavy atom. The maximum atomic E-state index is 12.4. The Bertz CT molecular complexity index is 599. The van der Waals surface area contributed by atoms with E-state index in [2.05, 4.69) is 4.98 Å². The molecule has 104 valence electrons. The highest BCUT2D eigenvalue weighted by Gasteiger charge is 2.17. The number of carbonyl (C=O) groups is 1. The van der Waals surface area contributed by atoms with Crippen LogP contribution in [0.15, 0.2) is 41.4 Å². The Labute approximate surface area is 124 Å². The Kier molecular flexibility index (Phi) is 4.61. The van der Waals surface area contributed by atoms with Gasteiger partial charge in [-0.1, -0.05) is 41.6 Å². The smallest absolute Gasteiger partial charge is 0.175 e. The maximum absolute atomic E-state index is 12.4. The average Bonchev–Trinajstić information content (AvgIpc) is 2.37. The molecule has 2 aromatic rings. The topological polar surface area (TPSA) is 30.0 Å². The number of nitrogens with zero attached hydrogens (tertiary/aromatic N) is 1. The number of thioether (sulfide) groups is 1. The molecule has 3 heteroatoms. The molecule has 0 radical (unpaired) electrons. The fourth-order valence-electron chi connectivity index (χ4n) is 2.05. The zero-order valence-corrected chi connectivity index (χ0v) is 13.1. The van der Waals surface area contributed by atoms with Crippen molar-refractivity contribution in [2.45, 2.75) is 38.0 Å². The van der Waals surface area contributed by atoms with Gasteiger partial charge < -0.3 is 0 Å². The molecule has 0 spiro atoms. The van der Waals surface area contributed by atoms with Gasteiger partial charge in [-0.05, 0) is 45.4 Å². The summed E-state index contributed by atoms with van der Waals surface area (Å²) in [6.45, 7) is 7.98. The van der Waals surface area contributed by atoms with Crippen molar-refractivity contribution < 1.29 is 4.79 Å². The van der Waals surface area contributed by atoms with Crippen molar-refractivity contribution >= 4 is 17.5 Å². The molecule has 0 aliphatic carbocycles. The summed E-state index contributed by atoms with van der Waals surface area (Å²) in [5, 5.41) is 0.780. The Balaban J connectivity index is 2.13. The Hall–Kier alpha value is -1.61. The zero-order valence-electron chi connectivity index (χ0n) is 12.3. The van der Waals surface area contributed by atoms with Gasteiger partial charge in [-0.2, -0.15) is 0 Å². The predicted molar refractivity (Wildman–Crippen MR) is 84.5 cm³/mol. The first-order valence-electron chi connectivity index (χ1n) is 6.68. The minimum absolute atomic E-state index is 0.133. The fraction of sp³-hybridized carbons (Fsp3) is 0.294. The van der Waals surface area contributed by atoms with Gasteiger partial charge in [-0.3, -0.25) is 4.79 Å². The van der Waals surface area contributed by atoms with Gasteiger partial charge in [0.25, 0.3) is 0 Å². The van der Waals surface area contributed by atoms with E-state index in [4.69, 9.17) is 0 Å². The van der Waals surface area contributed by atoms with Gasteiger partial charge in [0.2, 0.25) is 0 Å². The molecular weight excluding hydrogens is 266 g/mol. The van der Waals surface area contributed by atoms with E-state index in [1.165, 1.54) is 17.3 Å². The standard InChI is InChI=1S/C17H19NOS/c1-11-5-7-15(8-6-11)17(19)14(4)20-16-10-12(2)9-13(3)18-16/h5-10,14H,1-4H3. The van der Waals surface area contributed by atoms with Gasteiger partial charge in [0.05, 0.1) is 10.3 Å². The summed E-state index contributed by atoms with van der Waals surface area (Å²) < 4.78 is 0. The molecule has 0 bridgehead atoms. The molecule has 20 heavy (non-hydrogen) atoms. The minimum Gasteiger partial charge on any atom is -0.293 e.